The first kappa shape index (κ1) is 11.6. The summed E-state index contributed by atoms with van der Waals surface area (Å²) in [5, 5.41) is 12.1. The molecule has 0 atom stereocenters. The molecule has 1 fully saturated rings. The summed E-state index contributed by atoms with van der Waals surface area (Å²) >= 11 is 0. The van der Waals surface area contributed by atoms with Crippen LogP contribution in [0.5, 0.6) is 0 Å². The first-order valence-electron chi connectivity index (χ1n) is 5.90. The number of nitrogens with one attached hydrogen (secondary N) is 1. The molecular weight excluding hydrogens is 214 g/mol. The second-order valence-electron chi connectivity index (χ2n) is 4.44. The van der Waals surface area contributed by atoms with E-state index < -0.39 is 5.54 Å². The van der Waals surface area contributed by atoms with Gasteiger partial charge < -0.3 is 5.32 Å². The van der Waals surface area contributed by atoms with Crippen LogP contribution in [0.1, 0.15) is 42.5 Å². The lowest BCUT2D eigenvalue weighted by molar-refractivity contribution is 0.0902. The van der Waals surface area contributed by atoms with Crippen molar-refractivity contribution in [1.29, 1.82) is 5.26 Å². The Balaban J connectivity index is 2.10. The van der Waals surface area contributed by atoms with Crippen LogP contribution in [-0.4, -0.2) is 16.4 Å². The molecule has 1 aliphatic carbocycles. The summed E-state index contributed by atoms with van der Waals surface area (Å²) in [5.41, 5.74) is -0.112. The molecule has 1 aliphatic rings. The van der Waals surface area contributed by atoms with E-state index in [0.29, 0.717) is 5.56 Å². The summed E-state index contributed by atoms with van der Waals surface area (Å²) in [5.74, 6) is -0.184. The van der Waals surface area contributed by atoms with E-state index in [1.807, 2.05) is 0 Å². The largest absolute Gasteiger partial charge is 0.334 e. The zero-order valence-electron chi connectivity index (χ0n) is 9.65. The maximum Gasteiger partial charge on any atom is 0.252 e. The van der Waals surface area contributed by atoms with Gasteiger partial charge in [0.25, 0.3) is 5.91 Å². The Morgan fingerprint density at radius 3 is 2.53 bits per heavy atom. The van der Waals surface area contributed by atoms with Crippen molar-refractivity contribution in [2.75, 3.05) is 0 Å². The molecule has 0 aromatic carbocycles. The summed E-state index contributed by atoms with van der Waals surface area (Å²) in [4.78, 5) is 15.9. The van der Waals surface area contributed by atoms with Gasteiger partial charge in [-0.05, 0) is 25.0 Å². The molecule has 4 nitrogen and oxygen atoms in total. The third-order valence-corrected chi connectivity index (χ3v) is 3.22. The molecule has 1 saturated carbocycles. The predicted molar refractivity (Wildman–Crippen MR) is 63.1 cm³/mol. The van der Waals surface area contributed by atoms with Gasteiger partial charge in [0.05, 0.1) is 6.07 Å². The van der Waals surface area contributed by atoms with Crippen LogP contribution in [0.2, 0.25) is 0 Å². The topological polar surface area (TPSA) is 65.8 Å². The van der Waals surface area contributed by atoms with Crippen molar-refractivity contribution >= 4 is 5.91 Å². The first-order chi connectivity index (χ1) is 8.26. The third-order valence-electron chi connectivity index (χ3n) is 3.22. The van der Waals surface area contributed by atoms with Crippen molar-refractivity contribution in [1.82, 2.24) is 10.3 Å². The molecule has 1 amide bonds. The highest BCUT2D eigenvalue weighted by atomic mass is 16.1. The monoisotopic (exact) mass is 229 g/mol. The van der Waals surface area contributed by atoms with Gasteiger partial charge in [-0.3, -0.25) is 9.78 Å². The molecular formula is C13H15N3O. The number of aromatic nitrogens is 1. The lowest BCUT2D eigenvalue weighted by Gasteiger charge is -2.31. The fourth-order valence-electron chi connectivity index (χ4n) is 2.21. The van der Waals surface area contributed by atoms with Gasteiger partial charge in [0.1, 0.15) is 5.54 Å². The van der Waals surface area contributed by atoms with Gasteiger partial charge in [0.15, 0.2) is 0 Å². The second kappa shape index (κ2) is 4.96. The number of rotatable bonds is 2. The van der Waals surface area contributed by atoms with Crippen molar-refractivity contribution in [3.05, 3.63) is 30.1 Å². The summed E-state index contributed by atoms with van der Waals surface area (Å²) in [6.45, 7) is 0. The molecule has 2 rings (SSSR count). The molecule has 0 spiro atoms. The number of carbonyl (C=O) groups excluding carboxylic acids is 1. The molecule has 1 aromatic heterocycles. The van der Waals surface area contributed by atoms with E-state index in [9.17, 15) is 10.1 Å². The third kappa shape index (κ3) is 2.62. The van der Waals surface area contributed by atoms with Gasteiger partial charge in [-0.25, -0.2) is 0 Å². The van der Waals surface area contributed by atoms with Gasteiger partial charge in [0.2, 0.25) is 0 Å². The second-order valence-corrected chi connectivity index (χ2v) is 4.44. The number of amides is 1. The van der Waals surface area contributed by atoms with Crippen molar-refractivity contribution in [3.8, 4) is 6.07 Å². The van der Waals surface area contributed by atoms with Gasteiger partial charge in [0, 0.05) is 18.0 Å². The summed E-state index contributed by atoms with van der Waals surface area (Å²) in [7, 11) is 0. The van der Waals surface area contributed by atoms with Crippen molar-refractivity contribution < 1.29 is 4.79 Å². The van der Waals surface area contributed by atoms with Crippen LogP contribution >= 0.6 is 0 Å². The van der Waals surface area contributed by atoms with Gasteiger partial charge in [-0.2, -0.15) is 5.26 Å². The molecule has 0 aliphatic heterocycles. The van der Waals surface area contributed by atoms with Crippen LogP contribution in [0.3, 0.4) is 0 Å². The number of hydrogen-bond donors (Lipinski definition) is 1. The minimum Gasteiger partial charge on any atom is -0.334 e. The SMILES string of the molecule is N#CC1(NC(=O)c2ccncc2)CCCCC1. The highest BCUT2D eigenvalue weighted by Gasteiger charge is 2.33. The maximum absolute atomic E-state index is 12.0. The van der Waals surface area contributed by atoms with Crippen LogP contribution in [0, 0.1) is 11.3 Å². The quantitative estimate of drug-likeness (QED) is 0.843. The molecule has 0 bridgehead atoms. The minimum absolute atomic E-state index is 0.184. The Morgan fingerprint density at radius 1 is 1.29 bits per heavy atom. The number of nitriles is 1. The molecule has 1 N–H and O–H groups in total. The minimum atomic E-state index is -0.668. The normalized spacial score (nSPS) is 18.1. The smallest absolute Gasteiger partial charge is 0.252 e. The molecule has 1 aromatic rings. The molecule has 0 saturated heterocycles. The fraction of sp³-hybridized carbons (Fsp3) is 0.462. The van der Waals surface area contributed by atoms with Crippen LogP contribution in [0.15, 0.2) is 24.5 Å². The van der Waals surface area contributed by atoms with Crippen molar-refractivity contribution in [2.24, 2.45) is 0 Å². The average Bonchev–Trinajstić information content (AvgIpc) is 2.41. The standard InChI is InChI=1S/C13H15N3O/c14-10-13(6-2-1-3-7-13)16-12(17)11-4-8-15-9-5-11/h4-5,8-9H,1-3,6-7H2,(H,16,17). The van der Waals surface area contributed by atoms with Crippen LogP contribution in [-0.2, 0) is 0 Å². The van der Waals surface area contributed by atoms with E-state index in [-0.39, 0.29) is 5.91 Å². The van der Waals surface area contributed by atoms with Gasteiger partial charge in [-0.15, -0.1) is 0 Å². The maximum atomic E-state index is 12.0. The number of carbonyl (C=O) groups is 1. The molecule has 4 heteroatoms. The Kier molecular flexibility index (Phi) is 3.38. The summed E-state index contributed by atoms with van der Waals surface area (Å²) in [6.07, 6.45) is 7.81. The van der Waals surface area contributed by atoms with E-state index in [1.54, 1.807) is 24.5 Å². The van der Waals surface area contributed by atoms with Gasteiger partial charge >= 0.3 is 0 Å². The molecule has 17 heavy (non-hydrogen) atoms. The first-order valence-corrected chi connectivity index (χ1v) is 5.90. The van der Waals surface area contributed by atoms with Crippen molar-refractivity contribution in [2.45, 2.75) is 37.6 Å². The molecule has 1 heterocycles. The lowest BCUT2D eigenvalue weighted by atomic mass is 9.82. The van der Waals surface area contributed by atoms with E-state index in [4.69, 9.17) is 0 Å². The Morgan fingerprint density at radius 2 is 1.94 bits per heavy atom. The average molecular weight is 229 g/mol. The predicted octanol–water partition coefficient (Wildman–Crippen LogP) is 2.04. The Bertz CT molecular complexity index is 430. The Labute approximate surface area is 101 Å². The zero-order chi connectivity index (χ0) is 12.1. The number of nitrogens with zero attached hydrogens (tertiary/aromatic N) is 2. The van der Waals surface area contributed by atoms with Gasteiger partial charge in [-0.1, -0.05) is 19.3 Å². The van der Waals surface area contributed by atoms with E-state index in [0.717, 1.165) is 32.1 Å². The van der Waals surface area contributed by atoms with E-state index >= 15 is 0 Å². The van der Waals surface area contributed by atoms with Crippen LogP contribution in [0.4, 0.5) is 0 Å². The molecule has 0 unspecified atom stereocenters. The highest BCUT2D eigenvalue weighted by molar-refractivity contribution is 5.94. The summed E-state index contributed by atoms with van der Waals surface area (Å²) < 4.78 is 0. The molecule has 0 radical (unpaired) electrons. The number of pyridine rings is 1. The number of hydrogen-bond acceptors (Lipinski definition) is 3. The zero-order valence-corrected chi connectivity index (χ0v) is 9.65. The van der Waals surface area contributed by atoms with E-state index in [1.165, 1.54) is 0 Å². The van der Waals surface area contributed by atoms with Crippen molar-refractivity contribution in [3.63, 3.8) is 0 Å². The molecule has 88 valence electrons. The van der Waals surface area contributed by atoms with Crippen LogP contribution in [0.25, 0.3) is 0 Å². The summed E-state index contributed by atoms with van der Waals surface area (Å²) in [6, 6.07) is 5.58. The fourth-order valence-corrected chi connectivity index (χ4v) is 2.21. The lowest BCUT2D eigenvalue weighted by Crippen LogP contribution is -2.48. The van der Waals surface area contributed by atoms with Crippen LogP contribution < -0.4 is 5.32 Å². The Hall–Kier alpha value is -1.89. The van der Waals surface area contributed by atoms with E-state index in [2.05, 4.69) is 16.4 Å². The highest BCUT2D eigenvalue weighted by Crippen LogP contribution is 2.27.